The summed E-state index contributed by atoms with van der Waals surface area (Å²) in [6.07, 6.45) is 0.720. The van der Waals surface area contributed by atoms with Crippen LogP contribution in [0.1, 0.15) is 30.5 Å². The Balaban J connectivity index is 1.53. The number of carbonyl (C=O) groups excluding carboxylic acids is 1. The summed E-state index contributed by atoms with van der Waals surface area (Å²) in [5, 5.41) is 7.08. The number of aromatic nitrogens is 4. The van der Waals surface area contributed by atoms with Crippen LogP contribution in [0.5, 0.6) is 6.01 Å². The van der Waals surface area contributed by atoms with E-state index in [1.54, 1.807) is 20.1 Å². The smallest absolute Gasteiger partial charge is 0.323 e. The van der Waals surface area contributed by atoms with E-state index in [2.05, 4.69) is 25.1 Å². The molecule has 0 saturated heterocycles. The van der Waals surface area contributed by atoms with E-state index in [-0.39, 0.29) is 38.1 Å². The second-order valence-corrected chi connectivity index (χ2v) is 14.5. The van der Waals surface area contributed by atoms with Crippen LogP contribution in [0.4, 0.5) is 5.82 Å². The molecule has 16 heteroatoms. The standard InChI is InChI=1S/C37H47BN7O7P/c1-4-49-35(46)31(23-27-15-10-7-11-16-27)44-53(47,43-29(25-52-51-5-2)21-26-13-8-6-9-14-26)30-18-12-17-28(22-30)24-45-34-32(40-36(45)38)33(39)41-37(42-34)50-20-19-48-3/h6-18,22,29,31H,4-5,19-21,23-25,38H2,1-3H3,(H2,39,41,42)(H2,43,44,47). The van der Waals surface area contributed by atoms with E-state index in [9.17, 15) is 4.79 Å². The molecule has 3 unspecified atom stereocenters. The van der Waals surface area contributed by atoms with Gasteiger partial charge < -0.3 is 24.5 Å². The average molecular weight is 744 g/mol. The van der Waals surface area contributed by atoms with Gasteiger partial charge in [-0.25, -0.2) is 24.9 Å². The summed E-state index contributed by atoms with van der Waals surface area (Å²) in [6, 6.07) is 25.4. The third kappa shape index (κ3) is 11.0. The van der Waals surface area contributed by atoms with Gasteiger partial charge in [-0.2, -0.15) is 9.97 Å². The topological polar surface area (TPSA) is 174 Å². The Morgan fingerprint density at radius 2 is 1.57 bits per heavy atom. The molecule has 5 aromatic rings. The number of nitrogens with one attached hydrogen (secondary N) is 2. The fraction of sp³-hybridized carbons (Fsp3) is 0.351. The normalized spacial score (nSPS) is 13.7. The summed E-state index contributed by atoms with van der Waals surface area (Å²) >= 11 is 0. The van der Waals surface area contributed by atoms with Crippen molar-refractivity contribution >= 4 is 49.3 Å². The van der Waals surface area contributed by atoms with Gasteiger partial charge in [0.2, 0.25) is 7.44 Å². The molecule has 0 aliphatic carbocycles. The highest BCUT2D eigenvalue weighted by molar-refractivity contribution is 7.67. The first-order valence-corrected chi connectivity index (χ1v) is 19.3. The molecule has 4 N–H and O–H groups in total. The first-order valence-electron chi connectivity index (χ1n) is 17.6. The molecule has 0 amide bonds. The number of methoxy groups -OCH3 is 1. The third-order valence-corrected chi connectivity index (χ3v) is 10.7. The fourth-order valence-corrected chi connectivity index (χ4v) is 8.14. The molecule has 0 aliphatic rings. The molecule has 0 saturated carbocycles. The number of nitrogens with two attached hydrogens (primary N) is 1. The van der Waals surface area contributed by atoms with Crippen molar-refractivity contribution in [3.63, 3.8) is 0 Å². The summed E-state index contributed by atoms with van der Waals surface area (Å²) in [6.45, 7) is 5.11. The molecule has 2 aromatic heterocycles. The number of fused-ring (bicyclic) bond motifs is 1. The number of benzene rings is 3. The molecule has 0 spiro atoms. The molecule has 280 valence electrons. The van der Waals surface area contributed by atoms with Gasteiger partial charge >= 0.3 is 12.0 Å². The van der Waals surface area contributed by atoms with Crippen molar-refractivity contribution in [1.29, 1.82) is 0 Å². The van der Waals surface area contributed by atoms with Crippen LogP contribution in [0.2, 0.25) is 0 Å². The molecular formula is C37H47BN7O7P. The van der Waals surface area contributed by atoms with Gasteiger partial charge in [-0.1, -0.05) is 72.8 Å². The van der Waals surface area contributed by atoms with Gasteiger partial charge in [-0.3, -0.25) is 9.36 Å². The van der Waals surface area contributed by atoms with E-state index in [0.717, 1.165) is 16.7 Å². The summed E-state index contributed by atoms with van der Waals surface area (Å²) in [5.41, 5.74) is 10.5. The molecule has 0 bridgehead atoms. The third-order valence-electron chi connectivity index (χ3n) is 8.28. The molecule has 3 atom stereocenters. The van der Waals surface area contributed by atoms with Gasteiger partial charge in [-0.05, 0) is 55.5 Å². The first kappa shape index (κ1) is 39.6. The van der Waals surface area contributed by atoms with Crippen LogP contribution in [0, 0.1) is 0 Å². The number of hydrogen-bond acceptors (Lipinski definition) is 11. The molecule has 3 aromatic carbocycles. The molecule has 0 radical (unpaired) electrons. The Kier molecular flexibility index (Phi) is 14.5. The van der Waals surface area contributed by atoms with Crippen molar-refractivity contribution in [1.82, 2.24) is 29.7 Å². The number of anilines is 1. The van der Waals surface area contributed by atoms with Crippen LogP contribution in [0.15, 0.2) is 84.9 Å². The van der Waals surface area contributed by atoms with E-state index in [1.165, 1.54) is 0 Å². The monoisotopic (exact) mass is 743 g/mol. The molecular weight excluding hydrogens is 696 g/mol. The fourth-order valence-electron chi connectivity index (χ4n) is 5.80. The Morgan fingerprint density at radius 1 is 0.868 bits per heavy atom. The average Bonchev–Trinajstić information content (AvgIpc) is 3.47. The van der Waals surface area contributed by atoms with Crippen molar-refractivity contribution in [2.75, 3.05) is 45.9 Å². The van der Waals surface area contributed by atoms with Gasteiger partial charge in [0.15, 0.2) is 19.3 Å². The van der Waals surface area contributed by atoms with Crippen molar-refractivity contribution in [3.05, 3.63) is 102 Å². The Bertz CT molecular complexity index is 1970. The molecule has 14 nitrogen and oxygen atoms in total. The molecule has 0 aliphatic heterocycles. The summed E-state index contributed by atoms with van der Waals surface area (Å²) in [4.78, 5) is 37.8. The van der Waals surface area contributed by atoms with Crippen LogP contribution in [0.3, 0.4) is 0 Å². The minimum absolute atomic E-state index is 0.0903. The SMILES string of the molecule is Bc1nc2c(N)nc(OCCOC)nc2n1Cc1cccc(P(=O)(NC(COOCC)Cc2ccccc2)NC(Cc2ccccc2)C(=O)OCC)c1. The number of carbonyl (C=O) groups is 1. The first-order chi connectivity index (χ1) is 25.7. The molecule has 0 fully saturated rings. The van der Waals surface area contributed by atoms with E-state index < -0.39 is 25.5 Å². The van der Waals surface area contributed by atoms with E-state index in [1.807, 2.05) is 98.2 Å². The number of esters is 1. The van der Waals surface area contributed by atoms with Gasteiger partial charge in [-0.15, -0.1) is 0 Å². The largest absolute Gasteiger partial charge is 0.465 e. The van der Waals surface area contributed by atoms with Crippen LogP contribution < -0.4 is 31.7 Å². The maximum Gasteiger partial charge on any atom is 0.323 e. The predicted octanol–water partition coefficient (Wildman–Crippen LogP) is 2.49. The molecule has 5 rings (SSSR count). The minimum Gasteiger partial charge on any atom is -0.465 e. The highest BCUT2D eigenvalue weighted by Crippen LogP contribution is 2.38. The van der Waals surface area contributed by atoms with E-state index in [4.69, 9.17) is 29.7 Å². The molecule has 53 heavy (non-hydrogen) atoms. The van der Waals surface area contributed by atoms with E-state index in [0.29, 0.717) is 48.4 Å². The minimum atomic E-state index is -3.83. The Morgan fingerprint density at radius 3 is 2.25 bits per heavy atom. The lowest BCUT2D eigenvalue weighted by Gasteiger charge is -2.30. The van der Waals surface area contributed by atoms with Crippen molar-refractivity contribution in [2.24, 2.45) is 0 Å². The Labute approximate surface area is 310 Å². The van der Waals surface area contributed by atoms with Crippen molar-refractivity contribution in [3.8, 4) is 6.01 Å². The number of imidazole rings is 1. The van der Waals surface area contributed by atoms with Crippen LogP contribution in [0.25, 0.3) is 11.2 Å². The highest BCUT2D eigenvalue weighted by atomic mass is 31.2. The highest BCUT2D eigenvalue weighted by Gasteiger charge is 2.35. The number of hydrogen-bond donors (Lipinski definition) is 3. The predicted molar refractivity (Wildman–Crippen MR) is 206 cm³/mol. The van der Waals surface area contributed by atoms with Crippen LogP contribution >= 0.6 is 7.44 Å². The number of nitrogens with zero attached hydrogens (tertiary/aromatic N) is 4. The lowest BCUT2D eigenvalue weighted by atomic mass is 10.1. The van der Waals surface area contributed by atoms with Gasteiger partial charge in [0.25, 0.3) is 0 Å². The number of nitrogen functional groups attached to an aromatic ring is 1. The second kappa shape index (κ2) is 19.5. The van der Waals surface area contributed by atoms with Gasteiger partial charge in [0.05, 0.1) is 32.2 Å². The zero-order chi connectivity index (χ0) is 37.6. The van der Waals surface area contributed by atoms with Crippen molar-refractivity contribution in [2.45, 2.75) is 45.3 Å². The zero-order valence-corrected chi connectivity index (χ0v) is 31.5. The second-order valence-electron chi connectivity index (χ2n) is 12.3. The van der Waals surface area contributed by atoms with Gasteiger partial charge in [0, 0.05) is 25.0 Å². The number of rotatable bonds is 21. The Hall–Kier alpha value is -4.63. The molecule has 2 heterocycles. The van der Waals surface area contributed by atoms with Crippen LogP contribution in [-0.4, -0.2) is 85.6 Å². The maximum absolute atomic E-state index is 15.6. The zero-order valence-electron chi connectivity index (χ0n) is 30.6. The summed E-state index contributed by atoms with van der Waals surface area (Å²) in [5.74, 6) is -0.320. The summed E-state index contributed by atoms with van der Waals surface area (Å²) in [7, 11) is -0.399. The van der Waals surface area contributed by atoms with Crippen LogP contribution in [-0.2, 0) is 48.0 Å². The van der Waals surface area contributed by atoms with Crippen molar-refractivity contribution < 1.29 is 33.3 Å². The number of ether oxygens (including phenoxy) is 3. The maximum atomic E-state index is 15.6. The van der Waals surface area contributed by atoms with Gasteiger partial charge in [0.1, 0.15) is 18.2 Å². The lowest BCUT2D eigenvalue weighted by Crippen LogP contribution is -2.47. The van der Waals surface area contributed by atoms with E-state index >= 15 is 4.57 Å². The summed E-state index contributed by atoms with van der Waals surface area (Å²) < 4.78 is 33.7. The quantitative estimate of drug-likeness (QED) is 0.0250. The lowest BCUT2D eigenvalue weighted by molar-refractivity contribution is -0.293.